The SMILES string of the molecule is C(=COC=CCC1CO1)CC1CO1. The fraction of sp³-hybridized carbons (Fsp3) is 0.600. The number of hydrogen-bond donors (Lipinski definition) is 0. The molecule has 2 unspecified atom stereocenters. The first-order chi connectivity index (χ1) is 6.45. The van der Waals surface area contributed by atoms with E-state index >= 15 is 0 Å². The van der Waals surface area contributed by atoms with E-state index in [0.717, 1.165) is 26.1 Å². The Morgan fingerprint density at radius 1 is 1.00 bits per heavy atom. The molecule has 2 aliphatic rings. The van der Waals surface area contributed by atoms with E-state index in [4.69, 9.17) is 14.2 Å². The lowest BCUT2D eigenvalue weighted by Gasteiger charge is -1.88. The molecule has 0 radical (unpaired) electrons. The van der Waals surface area contributed by atoms with Crippen molar-refractivity contribution in [2.24, 2.45) is 0 Å². The monoisotopic (exact) mass is 182 g/mol. The largest absolute Gasteiger partial charge is 0.473 e. The molecule has 3 nitrogen and oxygen atoms in total. The van der Waals surface area contributed by atoms with E-state index in [9.17, 15) is 0 Å². The smallest absolute Gasteiger partial charge is 0.0862 e. The van der Waals surface area contributed by atoms with E-state index in [-0.39, 0.29) is 0 Å². The summed E-state index contributed by atoms with van der Waals surface area (Å²) in [7, 11) is 0. The molecule has 0 saturated carbocycles. The number of epoxide rings is 2. The summed E-state index contributed by atoms with van der Waals surface area (Å²) >= 11 is 0. The zero-order valence-corrected chi connectivity index (χ0v) is 7.52. The van der Waals surface area contributed by atoms with Crippen molar-refractivity contribution in [3.05, 3.63) is 24.7 Å². The van der Waals surface area contributed by atoms with Gasteiger partial charge >= 0.3 is 0 Å². The molecule has 3 heteroatoms. The van der Waals surface area contributed by atoms with Gasteiger partial charge in [0.2, 0.25) is 0 Å². The minimum Gasteiger partial charge on any atom is -0.473 e. The van der Waals surface area contributed by atoms with Gasteiger partial charge < -0.3 is 14.2 Å². The second kappa shape index (κ2) is 4.44. The second-order valence-corrected chi connectivity index (χ2v) is 3.26. The summed E-state index contributed by atoms with van der Waals surface area (Å²) in [6, 6.07) is 0. The molecule has 13 heavy (non-hydrogen) atoms. The average molecular weight is 182 g/mol. The van der Waals surface area contributed by atoms with Crippen LogP contribution in [0.4, 0.5) is 0 Å². The zero-order valence-electron chi connectivity index (χ0n) is 7.52. The molecule has 2 heterocycles. The maximum absolute atomic E-state index is 5.12. The lowest BCUT2D eigenvalue weighted by atomic mass is 10.3. The van der Waals surface area contributed by atoms with Crippen LogP contribution < -0.4 is 0 Å². The summed E-state index contributed by atoms with van der Waals surface area (Å²) in [6.07, 6.45) is 10.2. The number of ether oxygens (including phenoxy) is 3. The molecule has 0 aromatic heterocycles. The van der Waals surface area contributed by atoms with Gasteiger partial charge in [-0.1, -0.05) is 0 Å². The third-order valence-electron chi connectivity index (χ3n) is 1.95. The summed E-state index contributed by atoms with van der Waals surface area (Å²) in [5, 5.41) is 0. The van der Waals surface area contributed by atoms with Crippen molar-refractivity contribution in [2.45, 2.75) is 25.0 Å². The Kier molecular flexibility index (Phi) is 3.00. The van der Waals surface area contributed by atoms with Crippen LogP contribution in [0.15, 0.2) is 24.7 Å². The van der Waals surface area contributed by atoms with Crippen molar-refractivity contribution >= 4 is 0 Å². The normalized spacial score (nSPS) is 31.4. The Hall–Kier alpha value is -0.800. The van der Waals surface area contributed by atoms with Crippen LogP contribution in [0.5, 0.6) is 0 Å². The first kappa shape index (κ1) is 8.78. The predicted octanol–water partition coefficient (Wildman–Crippen LogP) is 1.61. The summed E-state index contributed by atoms with van der Waals surface area (Å²) < 4.78 is 15.2. The van der Waals surface area contributed by atoms with E-state index < -0.39 is 0 Å². The van der Waals surface area contributed by atoms with Crippen LogP contribution in [0.25, 0.3) is 0 Å². The predicted molar refractivity (Wildman–Crippen MR) is 48.1 cm³/mol. The molecular weight excluding hydrogens is 168 g/mol. The van der Waals surface area contributed by atoms with Crippen LogP contribution in [-0.2, 0) is 14.2 Å². The second-order valence-electron chi connectivity index (χ2n) is 3.26. The van der Waals surface area contributed by atoms with Gasteiger partial charge in [-0.05, 0) is 25.0 Å². The molecule has 2 rings (SSSR count). The van der Waals surface area contributed by atoms with Crippen molar-refractivity contribution in [1.82, 2.24) is 0 Å². The number of rotatable bonds is 6. The minimum atomic E-state index is 0.448. The highest BCUT2D eigenvalue weighted by molar-refractivity contribution is 4.87. The Labute approximate surface area is 78.0 Å². The van der Waals surface area contributed by atoms with Gasteiger partial charge in [0.05, 0.1) is 37.9 Å². The van der Waals surface area contributed by atoms with E-state index in [0.29, 0.717) is 12.2 Å². The van der Waals surface area contributed by atoms with Crippen LogP contribution in [-0.4, -0.2) is 25.4 Å². The van der Waals surface area contributed by atoms with Gasteiger partial charge in [-0.2, -0.15) is 0 Å². The van der Waals surface area contributed by atoms with Gasteiger partial charge in [-0.15, -0.1) is 0 Å². The summed E-state index contributed by atoms with van der Waals surface area (Å²) in [5.41, 5.74) is 0. The highest BCUT2D eigenvalue weighted by Crippen LogP contribution is 2.14. The van der Waals surface area contributed by atoms with E-state index in [2.05, 4.69) is 0 Å². The van der Waals surface area contributed by atoms with Crippen LogP contribution in [0, 0.1) is 0 Å². The molecule has 0 aromatic carbocycles. The molecular formula is C10H14O3. The zero-order chi connectivity index (χ0) is 8.93. The van der Waals surface area contributed by atoms with Crippen molar-refractivity contribution in [1.29, 1.82) is 0 Å². The highest BCUT2D eigenvalue weighted by Gasteiger charge is 2.20. The first-order valence-electron chi connectivity index (χ1n) is 4.64. The third-order valence-corrected chi connectivity index (χ3v) is 1.95. The summed E-state index contributed by atoms with van der Waals surface area (Å²) in [5.74, 6) is 0. The molecule has 0 spiro atoms. The number of hydrogen-bond acceptors (Lipinski definition) is 3. The van der Waals surface area contributed by atoms with Gasteiger partial charge in [-0.3, -0.25) is 0 Å². The van der Waals surface area contributed by atoms with E-state index in [1.165, 1.54) is 0 Å². The molecule has 2 saturated heterocycles. The molecule has 0 aromatic rings. The Balaban J connectivity index is 1.46. The van der Waals surface area contributed by atoms with Crippen molar-refractivity contribution < 1.29 is 14.2 Å². The van der Waals surface area contributed by atoms with E-state index in [1.807, 2.05) is 12.2 Å². The highest BCUT2D eigenvalue weighted by atomic mass is 16.6. The van der Waals surface area contributed by atoms with Gasteiger partial charge in [0.25, 0.3) is 0 Å². The molecule has 0 aliphatic carbocycles. The lowest BCUT2D eigenvalue weighted by molar-refractivity contribution is 0.384. The van der Waals surface area contributed by atoms with Crippen molar-refractivity contribution in [3.63, 3.8) is 0 Å². The molecule has 2 fully saturated rings. The van der Waals surface area contributed by atoms with Crippen molar-refractivity contribution in [2.75, 3.05) is 13.2 Å². The molecule has 0 N–H and O–H groups in total. The molecule has 0 bridgehead atoms. The van der Waals surface area contributed by atoms with Gasteiger partial charge in [0, 0.05) is 0 Å². The molecule has 72 valence electrons. The minimum absolute atomic E-state index is 0.448. The van der Waals surface area contributed by atoms with E-state index in [1.54, 1.807) is 12.5 Å². The maximum atomic E-state index is 5.12. The fourth-order valence-corrected chi connectivity index (χ4v) is 0.979. The first-order valence-corrected chi connectivity index (χ1v) is 4.64. The standard InChI is InChI=1S/C10H14O3/c1(3-9-7-12-9)5-11-6-2-4-10-8-13-10/h1-2,5-6,9-10H,3-4,7-8H2. The van der Waals surface area contributed by atoms with Gasteiger partial charge in [-0.25, -0.2) is 0 Å². The Morgan fingerprint density at radius 3 is 1.85 bits per heavy atom. The van der Waals surface area contributed by atoms with Crippen LogP contribution >= 0.6 is 0 Å². The summed E-state index contributed by atoms with van der Waals surface area (Å²) in [6.45, 7) is 1.80. The Bertz CT molecular complexity index is 180. The Morgan fingerprint density at radius 2 is 1.46 bits per heavy atom. The average Bonchev–Trinajstić information content (AvgIpc) is 2.99. The lowest BCUT2D eigenvalue weighted by Crippen LogP contribution is -1.80. The molecule has 2 aliphatic heterocycles. The van der Waals surface area contributed by atoms with Crippen LogP contribution in [0.1, 0.15) is 12.8 Å². The summed E-state index contributed by atoms with van der Waals surface area (Å²) in [4.78, 5) is 0. The topological polar surface area (TPSA) is 34.3 Å². The molecule has 2 atom stereocenters. The van der Waals surface area contributed by atoms with Crippen LogP contribution in [0.2, 0.25) is 0 Å². The molecule has 0 amide bonds. The fourth-order valence-electron chi connectivity index (χ4n) is 0.979. The van der Waals surface area contributed by atoms with Crippen LogP contribution in [0.3, 0.4) is 0 Å². The maximum Gasteiger partial charge on any atom is 0.0862 e. The third kappa shape index (κ3) is 4.10. The van der Waals surface area contributed by atoms with Gasteiger partial charge in [0.15, 0.2) is 0 Å². The van der Waals surface area contributed by atoms with Crippen molar-refractivity contribution in [3.8, 4) is 0 Å². The van der Waals surface area contributed by atoms with Gasteiger partial charge in [0.1, 0.15) is 0 Å². The quantitative estimate of drug-likeness (QED) is 0.462.